The van der Waals surface area contributed by atoms with Crippen LogP contribution in [0, 0.1) is 0 Å². The largest absolute Gasteiger partial charge is 0.395 e. The van der Waals surface area contributed by atoms with Crippen molar-refractivity contribution in [3.63, 3.8) is 0 Å². The first-order chi connectivity index (χ1) is 9.13. The molecule has 106 valence electrons. The van der Waals surface area contributed by atoms with Gasteiger partial charge in [0.1, 0.15) is 6.54 Å². The summed E-state index contributed by atoms with van der Waals surface area (Å²) in [6.07, 6.45) is 4.44. The minimum atomic E-state index is 0.107. The summed E-state index contributed by atoms with van der Waals surface area (Å²) < 4.78 is 1.65. The Labute approximate surface area is 113 Å². The number of amides is 1. The third-order valence-electron chi connectivity index (χ3n) is 3.91. The van der Waals surface area contributed by atoms with Gasteiger partial charge in [-0.1, -0.05) is 0 Å². The molecule has 0 spiro atoms. The lowest BCUT2D eigenvalue weighted by atomic mass is 10.1. The fourth-order valence-electron chi connectivity index (χ4n) is 2.81. The molecule has 0 saturated carbocycles. The predicted molar refractivity (Wildman–Crippen MR) is 71.5 cm³/mol. The van der Waals surface area contributed by atoms with Crippen molar-refractivity contribution in [1.82, 2.24) is 19.6 Å². The monoisotopic (exact) mass is 266 g/mol. The molecule has 6 heteroatoms. The number of aromatic nitrogens is 2. The van der Waals surface area contributed by atoms with Gasteiger partial charge in [-0.2, -0.15) is 5.10 Å². The Morgan fingerprint density at radius 3 is 3.00 bits per heavy atom. The number of likely N-dealkylation sites (tertiary alicyclic amines) is 1. The van der Waals surface area contributed by atoms with Crippen molar-refractivity contribution in [2.45, 2.75) is 32.0 Å². The van der Waals surface area contributed by atoms with E-state index in [1.54, 1.807) is 17.1 Å². The number of rotatable bonds is 5. The van der Waals surface area contributed by atoms with Crippen LogP contribution >= 0.6 is 0 Å². The van der Waals surface area contributed by atoms with Gasteiger partial charge in [-0.3, -0.25) is 14.4 Å². The molecule has 19 heavy (non-hydrogen) atoms. The topological polar surface area (TPSA) is 61.6 Å². The molecule has 1 aromatic heterocycles. The first-order valence-corrected chi connectivity index (χ1v) is 6.71. The summed E-state index contributed by atoms with van der Waals surface area (Å²) in [6.45, 7) is 3.96. The van der Waals surface area contributed by atoms with Crippen LogP contribution in [0.5, 0.6) is 0 Å². The molecule has 0 unspecified atom stereocenters. The molecule has 6 nitrogen and oxygen atoms in total. The summed E-state index contributed by atoms with van der Waals surface area (Å²) in [5.41, 5.74) is 0. The highest BCUT2D eigenvalue weighted by atomic mass is 16.3. The van der Waals surface area contributed by atoms with Crippen molar-refractivity contribution < 1.29 is 9.90 Å². The van der Waals surface area contributed by atoms with Gasteiger partial charge < -0.3 is 10.0 Å². The first-order valence-electron chi connectivity index (χ1n) is 6.71. The molecule has 1 amide bonds. The van der Waals surface area contributed by atoms with Crippen molar-refractivity contribution in [1.29, 1.82) is 0 Å². The second-order valence-electron chi connectivity index (χ2n) is 5.09. The molecule has 2 heterocycles. The Morgan fingerprint density at radius 2 is 2.37 bits per heavy atom. The number of nitrogens with zero attached hydrogens (tertiary/aromatic N) is 4. The van der Waals surface area contributed by atoms with E-state index in [0.717, 1.165) is 13.0 Å². The zero-order valence-electron chi connectivity index (χ0n) is 11.6. The Balaban J connectivity index is 1.93. The van der Waals surface area contributed by atoms with Crippen LogP contribution in [0.25, 0.3) is 0 Å². The summed E-state index contributed by atoms with van der Waals surface area (Å²) in [6, 6.07) is 2.33. The zero-order valence-corrected chi connectivity index (χ0v) is 11.6. The van der Waals surface area contributed by atoms with Crippen LogP contribution in [0.4, 0.5) is 0 Å². The minimum absolute atomic E-state index is 0.107. The van der Waals surface area contributed by atoms with Gasteiger partial charge >= 0.3 is 0 Å². The molecule has 2 rings (SSSR count). The average molecular weight is 266 g/mol. The van der Waals surface area contributed by atoms with E-state index in [0.29, 0.717) is 19.1 Å². The molecule has 1 aliphatic heterocycles. The van der Waals surface area contributed by atoms with Gasteiger partial charge in [0.05, 0.1) is 6.61 Å². The molecular formula is C13H22N4O2. The molecular weight excluding hydrogens is 244 g/mol. The van der Waals surface area contributed by atoms with E-state index >= 15 is 0 Å². The van der Waals surface area contributed by atoms with Gasteiger partial charge in [-0.25, -0.2) is 0 Å². The number of carbonyl (C=O) groups is 1. The van der Waals surface area contributed by atoms with Gasteiger partial charge in [-0.15, -0.1) is 0 Å². The molecule has 0 aliphatic carbocycles. The SMILES string of the molecule is C[C@@H]1[C@H](N(C)CCO)CCN1C(=O)Cn1cccn1. The highest BCUT2D eigenvalue weighted by Crippen LogP contribution is 2.22. The van der Waals surface area contributed by atoms with Gasteiger partial charge in [0.2, 0.25) is 5.91 Å². The number of aliphatic hydroxyl groups is 1. The highest BCUT2D eigenvalue weighted by Gasteiger charge is 2.35. The van der Waals surface area contributed by atoms with Crippen LogP contribution in [0.2, 0.25) is 0 Å². The van der Waals surface area contributed by atoms with Crippen LogP contribution in [0.3, 0.4) is 0 Å². The molecule has 1 fully saturated rings. The second-order valence-corrected chi connectivity index (χ2v) is 5.09. The van der Waals surface area contributed by atoms with Gasteiger partial charge in [-0.05, 0) is 26.5 Å². The molecule has 1 N–H and O–H groups in total. The van der Waals surface area contributed by atoms with E-state index < -0.39 is 0 Å². The molecule has 1 aliphatic rings. The molecule has 1 aromatic rings. The van der Waals surface area contributed by atoms with Crippen molar-refractivity contribution in [2.24, 2.45) is 0 Å². The summed E-state index contributed by atoms with van der Waals surface area (Å²) in [4.78, 5) is 16.3. The fourth-order valence-corrected chi connectivity index (χ4v) is 2.81. The Bertz CT molecular complexity index is 407. The van der Waals surface area contributed by atoms with Crippen molar-refractivity contribution >= 4 is 5.91 Å². The predicted octanol–water partition coefficient (Wildman–Crippen LogP) is -0.203. The van der Waals surface area contributed by atoms with Gasteiger partial charge in [0.25, 0.3) is 0 Å². The van der Waals surface area contributed by atoms with E-state index in [-0.39, 0.29) is 18.6 Å². The normalized spacial score (nSPS) is 23.3. The number of hydrogen-bond donors (Lipinski definition) is 1. The highest BCUT2D eigenvalue weighted by molar-refractivity contribution is 5.76. The molecule has 0 radical (unpaired) electrons. The molecule has 0 aromatic carbocycles. The lowest BCUT2D eigenvalue weighted by Crippen LogP contribution is -2.45. The second kappa shape index (κ2) is 6.16. The first kappa shape index (κ1) is 14.0. The Morgan fingerprint density at radius 1 is 1.58 bits per heavy atom. The smallest absolute Gasteiger partial charge is 0.244 e. The van der Waals surface area contributed by atoms with Gasteiger partial charge in [0, 0.05) is 37.6 Å². The summed E-state index contributed by atoms with van der Waals surface area (Å²) in [5.74, 6) is 0.107. The lowest BCUT2D eigenvalue weighted by molar-refractivity contribution is -0.133. The van der Waals surface area contributed by atoms with E-state index in [9.17, 15) is 4.79 Å². The number of aliphatic hydroxyl groups excluding tert-OH is 1. The van der Waals surface area contributed by atoms with Gasteiger partial charge in [0.15, 0.2) is 0 Å². The van der Waals surface area contributed by atoms with Crippen LogP contribution in [0.15, 0.2) is 18.5 Å². The standard InChI is InChI=1S/C13H22N4O2/c1-11-12(15(2)8-9-18)4-7-17(11)13(19)10-16-6-3-5-14-16/h3,5-6,11-12,18H,4,7-10H2,1-2H3/t11-,12-/m1/s1. The maximum absolute atomic E-state index is 12.2. The van der Waals surface area contributed by atoms with Crippen LogP contribution in [0.1, 0.15) is 13.3 Å². The maximum atomic E-state index is 12.2. The molecule has 2 atom stereocenters. The quantitative estimate of drug-likeness (QED) is 0.801. The maximum Gasteiger partial charge on any atom is 0.244 e. The van der Waals surface area contributed by atoms with E-state index in [1.165, 1.54) is 0 Å². The summed E-state index contributed by atoms with van der Waals surface area (Å²) in [7, 11) is 2.00. The summed E-state index contributed by atoms with van der Waals surface area (Å²) in [5, 5.41) is 13.1. The van der Waals surface area contributed by atoms with Crippen LogP contribution in [-0.4, -0.2) is 69.4 Å². The van der Waals surface area contributed by atoms with Crippen molar-refractivity contribution in [3.8, 4) is 0 Å². The number of carbonyl (C=O) groups excluding carboxylic acids is 1. The van der Waals surface area contributed by atoms with Crippen molar-refractivity contribution in [3.05, 3.63) is 18.5 Å². The molecule has 0 bridgehead atoms. The fraction of sp³-hybridized carbons (Fsp3) is 0.692. The number of hydrogen-bond acceptors (Lipinski definition) is 4. The summed E-state index contributed by atoms with van der Waals surface area (Å²) >= 11 is 0. The Hall–Kier alpha value is -1.40. The average Bonchev–Trinajstić information content (AvgIpc) is 2.98. The number of likely N-dealkylation sites (N-methyl/N-ethyl adjacent to an activating group) is 1. The van der Waals surface area contributed by atoms with Crippen LogP contribution < -0.4 is 0 Å². The van der Waals surface area contributed by atoms with E-state index in [4.69, 9.17) is 5.11 Å². The van der Waals surface area contributed by atoms with E-state index in [2.05, 4.69) is 16.9 Å². The van der Waals surface area contributed by atoms with E-state index in [1.807, 2.05) is 18.0 Å². The third-order valence-corrected chi connectivity index (χ3v) is 3.91. The van der Waals surface area contributed by atoms with Crippen LogP contribution in [-0.2, 0) is 11.3 Å². The minimum Gasteiger partial charge on any atom is -0.395 e. The zero-order chi connectivity index (χ0) is 13.8. The Kier molecular flexibility index (Phi) is 4.55. The van der Waals surface area contributed by atoms with Crippen molar-refractivity contribution in [2.75, 3.05) is 26.7 Å². The third kappa shape index (κ3) is 3.13. The molecule has 1 saturated heterocycles. The lowest BCUT2D eigenvalue weighted by Gasteiger charge is -2.30.